The maximum atomic E-state index is 12.5. The van der Waals surface area contributed by atoms with Gasteiger partial charge in [-0.05, 0) is 30.9 Å². The Kier molecular flexibility index (Phi) is 6.67. The number of amides is 2. The van der Waals surface area contributed by atoms with Crippen LogP contribution in [0.3, 0.4) is 0 Å². The standard InChI is InChI=1S/C22H29N3O/c1-19(12-13-20-8-4-2-5-9-20)23-22(26)25-16-14-24(15-17-25)18-21-10-6-3-7-11-21/h2-11,19H,12-18H2,1H3,(H,23,26)/t19-/m1/s1. The van der Waals surface area contributed by atoms with E-state index in [1.54, 1.807) is 0 Å². The summed E-state index contributed by atoms with van der Waals surface area (Å²) in [6.45, 7) is 6.51. The molecule has 26 heavy (non-hydrogen) atoms. The molecular weight excluding hydrogens is 322 g/mol. The summed E-state index contributed by atoms with van der Waals surface area (Å²) >= 11 is 0. The van der Waals surface area contributed by atoms with E-state index in [2.05, 4.69) is 65.7 Å². The number of rotatable bonds is 6. The van der Waals surface area contributed by atoms with Crippen LogP contribution in [0.1, 0.15) is 24.5 Å². The molecule has 0 radical (unpaired) electrons. The molecule has 4 heteroatoms. The molecule has 0 bridgehead atoms. The number of carbonyl (C=O) groups excluding carboxylic acids is 1. The third kappa shape index (κ3) is 5.60. The molecule has 0 aromatic heterocycles. The lowest BCUT2D eigenvalue weighted by molar-refractivity contribution is 0.133. The number of carbonyl (C=O) groups is 1. The third-order valence-electron chi connectivity index (χ3n) is 4.99. The smallest absolute Gasteiger partial charge is 0.317 e. The van der Waals surface area contributed by atoms with E-state index in [0.717, 1.165) is 45.6 Å². The van der Waals surface area contributed by atoms with E-state index in [4.69, 9.17) is 0 Å². The summed E-state index contributed by atoms with van der Waals surface area (Å²) in [7, 11) is 0. The molecule has 0 aliphatic carbocycles. The minimum atomic E-state index is 0.0740. The van der Waals surface area contributed by atoms with Crippen molar-refractivity contribution in [3.63, 3.8) is 0 Å². The second-order valence-electron chi connectivity index (χ2n) is 7.12. The summed E-state index contributed by atoms with van der Waals surface area (Å²) in [4.78, 5) is 16.8. The predicted octanol–water partition coefficient (Wildman–Crippen LogP) is 3.54. The maximum absolute atomic E-state index is 12.5. The van der Waals surface area contributed by atoms with Gasteiger partial charge < -0.3 is 10.2 Å². The largest absolute Gasteiger partial charge is 0.336 e. The maximum Gasteiger partial charge on any atom is 0.317 e. The van der Waals surface area contributed by atoms with Crippen molar-refractivity contribution in [3.8, 4) is 0 Å². The fourth-order valence-electron chi connectivity index (χ4n) is 3.35. The van der Waals surface area contributed by atoms with Crippen molar-refractivity contribution in [2.24, 2.45) is 0 Å². The Morgan fingerprint density at radius 3 is 2.12 bits per heavy atom. The molecular formula is C22H29N3O. The van der Waals surface area contributed by atoms with E-state index in [1.165, 1.54) is 11.1 Å². The van der Waals surface area contributed by atoms with E-state index in [-0.39, 0.29) is 12.1 Å². The average Bonchev–Trinajstić information content (AvgIpc) is 2.68. The lowest BCUT2D eigenvalue weighted by Gasteiger charge is -2.35. The number of urea groups is 1. The number of nitrogens with one attached hydrogen (secondary N) is 1. The van der Waals surface area contributed by atoms with Crippen LogP contribution < -0.4 is 5.32 Å². The van der Waals surface area contributed by atoms with Gasteiger partial charge in [-0.2, -0.15) is 0 Å². The topological polar surface area (TPSA) is 35.6 Å². The fourth-order valence-corrected chi connectivity index (χ4v) is 3.35. The Labute approximate surface area is 156 Å². The van der Waals surface area contributed by atoms with Crippen molar-refractivity contribution in [2.75, 3.05) is 26.2 Å². The first-order valence-electron chi connectivity index (χ1n) is 9.56. The Morgan fingerprint density at radius 2 is 1.50 bits per heavy atom. The molecule has 0 unspecified atom stereocenters. The molecule has 1 aliphatic heterocycles. The number of hydrogen-bond acceptors (Lipinski definition) is 2. The van der Waals surface area contributed by atoms with Crippen LogP contribution in [0.25, 0.3) is 0 Å². The number of benzene rings is 2. The van der Waals surface area contributed by atoms with Gasteiger partial charge in [0.1, 0.15) is 0 Å². The van der Waals surface area contributed by atoms with Gasteiger partial charge in [0.05, 0.1) is 0 Å². The molecule has 2 aromatic carbocycles. The van der Waals surface area contributed by atoms with Gasteiger partial charge in [-0.15, -0.1) is 0 Å². The van der Waals surface area contributed by atoms with Crippen LogP contribution in [0.4, 0.5) is 4.79 Å². The van der Waals surface area contributed by atoms with Gasteiger partial charge in [0.2, 0.25) is 0 Å². The zero-order valence-electron chi connectivity index (χ0n) is 15.6. The van der Waals surface area contributed by atoms with Gasteiger partial charge in [0, 0.05) is 38.8 Å². The summed E-state index contributed by atoms with van der Waals surface area (Å²) in [6.07, 6.45) is 1.96. The van der Waals surface area contributed by atoms with Gasteiger partial charge in [0.25, 0.3) is 0 Å². The van der Waals surface area contributed by atoms with Gasteiger partial charge in [0.15, 0.2) is 0 Å². The van der Waals surface area contributed by atoms with Crippen LogP contribution in [0.15, 0.2) is 60.7 Å². The lowest BCUT2D eigenvalue weighted by Crippen LogP contribution is -2.52. The first-order valence-corrected chi connectivity index (χ1v) is 9.56. The van der Waals surface area contributed by atoms with Crippen LogP contribution in [-0.2, 0) is 13.0 Å². The molecule has 1 heterocycles. The fraction of sp³-hybridized carbons (Fsp3) is 0.409. The minimum Gasteiger partial charge on any atom is -0.336 e. The molecule has 0 spiro atoms. The highest BCUT2D eigenvalue weighted by Gasteiger charge is 2.21. The van der Waals surface area contributed by atoms with Gasteiger partial charge in [-0.25, -0.2) is 4.79 Å². The molecule has 1 atom stereocenters. The molecule has 1 aliphatic rings. The number of piperazine rings is 1. The Morgan fingerprint density at radius 1 is 0.923 bits per heavy atom. The molecule has 1 N–H and O–H groups in total. The molecule has 1 fully saturated rings. The number of aryl methyl sites for hydroxylation is 1. The summed E-state index contributed by atoms with van der Waals surface area (Å²) in [5.41, 5.74) is 2.66. The van der Waals surface area contributed by atoms with Crippen molar-refractivity contribution in [1.29, 1.82) is 0 Å². The van der Waals surface area contributed by atoms with Crippen molar-refractivity contribution in [1.82, 2.24) is 15.1 Å². The Balaban J connectivity index is 1.37. The van der Waals surface area contributed by atoms with Crippen molar-refractivity contribution < 1.29 is 4.79 Å². The highest BCUT2D eigenvalue weighted by atomic mass is 16.2. The Bertz CT molecular complexity index is 666. The highest BCUT2D eigenvalue weighted by Crippen LogP contribution is 2.09. The second-order valence-corrected chi connectivity index (χ2v) is 7.12. The lowest BCUT2D eigenvalue weighted by atomic mass is 10.1. The van der Waals surface area contributed by atoms with Crippen molar-refractivity contribution in [2.45, 2.75) is 32.4 Å². The molecule has 138 valence electrons. The normalized spacial score (nSPS) is 16.3. The van der Waals surface area contributed by atoms with E-state index in [0.29, 0.717) is 0 Å². The molecule has 0 saturated carbocycles. The monoisotopic (exact) mass is 351 g/mol. The minimum absolute atomic E-state index is 0.0740. The number of nitrogens with zero attached hydrogens (tertiary/aromatic N) is 2. The summed E-state index contributed by atoms with van der Waals surface area (Å²) in [5.74, 6) is 0. The van der Waals surface area contributed by atoms with Crippen LogP contribution in [0.2, 0.25) is 0 Å². The SMILES string of the molecule is C[C@H](CCc1ccccc1)NC(=O)N1CCN(Cc2ccccc2)CC1. The molecule has 3 rings (SSSR count). The summed E-state index contributed by atoms with van der Waals surface area (Å²) < 4.78 is 0. The summed E-state index contributed by atoms with van der Waals surface area (Å²) in [6, 6.07) is 21.2. The number of hydrogen-bond donors (Lipinski definition) is 1. The van der Waals surface area contributed by atoms with Gasteiger partial charge >= 0.3 is 6.03 Å². The van der Waals surface area contributed by atoms with E-state index in [9.17, 15) is 4.79 Å². The first kappa shape index (κ1) is 18.5. The Hall–Kier alpha value is -2.33. The molecule has 4 nitrogen and oxygen atoms in total. The van der Waals surface area contributed by atoms with Crippen LogP contribution in [-0.4, -0.2) is 48.1 Å². The molecule has 2 aromatic rings. The van der Waals surface area contributed by atoms with Crippen molar-refractivity contribution >= 4 is 6.03 Å². The van der Waals surface area contributed by atoms with E-state index < -0.39 is 0 Å². The molecule has 2 amide bonds. The van der Waals surface area contributed by atoms with Crippen molar-refractivity contribution in [3.05, 3.63) is 71.8 Å². The first-order chi connectivity index (χ1) is 12.7. The zero-order chi connectivity index (χ0) is 18.2. The van der Waals surface area contributed by atoms with E-state index >= 15 is 0 Å². The van der Waals surface area contributed by atoms with Crippen LogP contribution >= 0.6 is 0 Å². The van der Waals surface area contributed by atoms with Crippen LogP contribution in [0, 0.1) is 0 Å². The van der Waals surface area contributed by atoms with Gasteiger partial charge in [-0.1, -0.05) is 60.7 Å². The predicted molar refractivity (Wildman–Crippen MR) is 106 cm³/mol. The summed E-state index contributed by atoms with van der Waals surface area (Å²) in [5, 5.41) is 3.15. The van der Waals surface area contributed by atoms with Crippen LogP contribution in [0.5, 0.6) is 0 Å². The average molecular weight is 351 g/mol. The highest BCUT2D eigenvalue weighted by molar-refractivity contribution is 5.74. The second kappa shape index (κ2) is 9.39. The zero-order valence-corrected chi connectivity index (χ0v) is 15.6. The molecule has 1 saturated heterocycles. The quantitative estimate of drug-likeness (QED) is 0.864. The third-order valence-corrected chi connectivity index (χ3v) is 4.99. The van der Waals surface area contributed by atoms with E-state index in [1.807, 2.05) is 17.0 Å². The van der Waals surface area contributed by atoms with Gasteiger partial charge in [-0.3, -0.25) is 4.90 Å².